The van der Waals surface area contributed by atoms with Gasteiger partial charge in [-0.3, -0.25) is 14.2 Å². The first-order valence-corrected chi connectivity index (χ1v) is 11.9. The van der Waals surface area contributed by atoms with Gasteiger partial charge in [0.05, 0.1) is 11.7 Å². The predicted molar refractivity (Wildman–Crippen MR) is 119 cm³/mol. The van der Waals surface area contributed by atoms with Gasteiger partial charge in [0.25, 0.3) is 5.56 Å². The number of aromatic nitrogens is 2. The van der Waals surface area contributed by atoms with E-state index < -0.39 is 0 Å². The highest BCUT2D eigenvalue weighted by molar-refractivity contribution is 7.18. The molecular weight excluding hydrogens is 382 g/mol. The molecule has 1 unspecified atom stereocenters. The molecule has 1 atom stereocenters. The second-order valence-corrected chi connectivity index (χ2v) is 10.9. The number of rotatable bonds is 3. The van der Waals surface area contributed by atoms with Crippen molar-refractivity contribution in [2.45, 2.75) is 78.7 Å². The molecule has 1 aliphatic heterocycles. The lowest BCUT2D eigenvalue weighted by Crippen LogP contribution is -2.33. The van der Waals surface area contributed by atoms with Crippen molar-refractivity contribution in [3.05, 3.63) is 27.1 Å². The molecule has 0 aromatic carbocycles. The van der Waals surface area contributed by atoms with E-state index in [1.807, 2.05) is 4.90 Å². The van der Waals surface area contributed by atoms with E-state index in [9.17, 15) is 9.59 Å². The molecule has 1 aliphatic carbocycles. The Labute approximate surface area is 177 Å². The Balaban J connectivity index is 1.52. The molecule has 0 radical (unpaired) electrons. The first-order chi connectivity index (χ1) is 13.8. The lowest BCUT2D eigenvalue weighted by atomic mass is 9.72. The number of likely N-dealkylation sites (tertiary alicyclic amines) is 1. The molecule has 2 aliphatic rings. The van der Waals surface area contributed by atoms with Crippen LogP contribution in [0.15, 0.2) is 11.1 Å². The molecule has 2 aromatic heterocycles. The number of thiophene rings is 1. The Hall–Kier alpha value is -1.69. The maximum atomic E-state index is 13.2. The van der Waals surface area contributed by atoms with E-state index >= 15 is 0 Å². The number of nitrogens with zero attached hydrogens (tertiary/aromatic N) is 3. The summed E-state index contributed by atoms with van der Waals surface area (Å²) in [6.45, 7) is 9.07. The number of hydrogen-bond acceptors (Lipinski definition) is 4. The second kappa shape index (κ2) is 8.21. The molecule has 0 N–H and O–H groups in total. The second-order valence-electron chi connectivity index (χ2n) is 9.78. The third-order valence-corrected chi connectivity index (χ3v) is 7.95. The van der Waals surface area contributed by atoms with Crippen molar-refractivity contribution in [3.8, 4) is 0 Å². The van der Waals surface area contributed by atoms with Crippen molar-refractivity contribution in [3.63, 3.8) is 0 Å². The third kappa shape index (κ3) is 4.27. The summed E-state index contributed by atoms with van der Waals surface area (Å²) in [5.74, 6) is 0.816. The van der Waals surface area contributed by atoms with E-state index in [-0.39, 0.29) is 16.9 Å². The number of hydrogen-bond donors (Lipinski definition) is 0. The molecule has 158 valence electrons. The number of carbonyl (C=O) groups excluding carboxylic acids is 1. The molecule has 0 spiro atoms. The topological polar surface area (TPSA) is 55.2 Å². The van der Waals surface area contributed by atoms with Crippen molar-refractivity contribution >= 4 is 27.5 Å². The van der Waals surface area contributed by atoms with E-state index in [0.717, 1.165) is 55.4 Å². The fraction of sp³-hybridized carbons (Fsp3) is 0.696. The van der Waals surface area contributed by atoms with Crippen LogP contribution in [-0.2, 0) is 24.2 Å². The van der Waals surface area contributed by atoms with Gasteiger partial charge in [-0.2, -0.15) is 0 Å². The van der Waals surface area contributed by atoms with E-state index in [1.54, 1.807) is 22.2 Å². The average Bonchev–Trinajstić information content (AvgIpc) is 2.85. The molecular formula is C23H33N3O2S. The molecule has 6 heteroatoms. The van der Waals surface area contributed by atoms with Crippen molar-refractivity contribution in [1.82, 2.24) is 14.5 Å². The minimum atomic E-state index is 0.0328. The standard InChI is InChI=1S/C23H33N3O2S/c1-23(2,3)16-8-9-17-18(14-16)29-21-20(17)22(28)26(15-24-21)13-10-19(27)25-11-6-4-5-7-12-25/h15-16H,4-14H2,1-3H3. The fourth-order valence-electron chi connectivity index (χ4n) is 4.79. The van der Waals surface area contributed by atoms with Gasteiger partial charge in [0, 0.05) is 30.9 Å². The summed E-state index contributed by atoms with van der Waals surface area (Å²) in [7, 11) is 0. The van der Waals surface area contributed by atoms with Crippen LogP contribution < -0.4 is 5.56 Å². The van der Waals surface area contributed by atoms with Crippen LogP contribution in [0.25, 0.3) is 10.2 Å². The van der Waals surface area contributed by atoms with Crippen LogP contribution in [0.2, 0.25) is 0 Å². The Morgan fingerprint density at radius 3 is 2.62 bits per heavy atom. The summed E-state index contributed by atoms with van der Waals surface area (Å²) in [5.41, 5.74) is 1.54. The monoisotopic (exact) mass is 415 g/mol. The summed E-state index contributed by atoms with van der Waals surface area (Å²) < 4.78 is 1.65. The molecule has 5 nitrogen and oxygen atoms in total. The first-order valence-electron chi connectivity index (χ1n) is 11.1. The first kappa shape index (κ1) is 20.6. The van der Waals surface area contributed by atoms with Crippen molar-refractivity contribution in [1.29, 1.82) is 0 Å². The SMILES string of the molecule is CC(C)(C)C1CCc2c(sc3ncn(CCC(=O)N4CCCCCC4)c(=O)c23)C1. The van der Waals surface area contributed by atoms with Gasteiger partial charge in [0.2, 0.25) is 5.91 Å². The van der Waals surface area contributed by atoms with Gasteiger partial charge >= 0.3 is 0 Å². The molecule has 0 saturated carbocycles. The van der Waals surface area contributed by atoms with Crippen molar-refractivity contribution < 1.29 is 4.79 Å². The van der Waals surface area contributed by atoms with Gasteiger partial charge in [-0.05, 0) is 49.0 Å². The van der Waals surface area contributed by atoms with E-state index in [1.165, 1.54) is 23.3 Å². The van der Waals surface area contributed by atoms with Crippen LogP contribution in [0.5, 0.6) is 0 Å². The maximum Gasteiger partial charge on any atom is 0.262 e. The Morgan fingerprint density at radius 1 is 1.21 bits per heavy atom. The van der Waals surface area contributed by atoms with Gasteiger partial charge in [-0.1, -0.05) is 33.6 Å². The minimum absolute atomic E-state index is 0.0328. The molecule has 1 saturated heterocycles. The highest BCUT2D eigenvalue weighted by Crippen LogP contribution is 2.41. The van der Waals surface area contributed by atoms with Crippen molar-refractivity contribution in [2.24, 2.45) is 11.3 Å². The summed E-state index contributed by atoms with van der Waals surface area (Å²) in [6.07, 6.45) is 9.77. The lowest BCUT2D eigenvalue weighted by molar-refractivity contribution is -0.131. The lowest BCUT2D eigenvalue weighted by Gasteiger charge is -2.33. The van der Waals surface area contributed by atoms with Gasteiger partial charge < -0.3 is 4.90 Å². The van der Waals surface area contributed by atoms with E-state index in [0.29, 0.717) is 18.9 Å². The van der Waals surface area contributed by atoms with Gasteiger partial charge in [-0.15, -0.1) is 11.3 Å². The zero-order chi connectivity index (χ0) is 20.6. The molecule has 4 rings (SSSR count). The minimum Gasteiger partial charge on any atom is -0.343 e. The number of carbonyl (C=O) groups is 1. The number of amides is 1. The Bertz CT molecular complexity index is 945. The third-order valence-electron chi connectivity index (χ3n) is 6.79. The van der Waals surface area contributed by atoms with Crippen LogP contribution in [0.3, 0.4) is 0 Å². The highest BCUT2D eigenvalue weighted by atomic mass is 32.1. The normalized spacial score (nSPS) is 20.5. The van der Waals surface area contributed by atoms with Crippen LogP contribution >= 0.6 is 11.3 Å². The molecule has 2 aromatic rings. The van der Waals surface area contributed by atoms with E-state index in [2.05, 4.69) is 25.8 Å². The Kier molecular flexibility index (Phi) is 5.83. The smallest absolute Gasteiger partial charge is 0.262 e. The van der Waals surface area contributed by atoms with Crippen LogP contribution in [0.4, 0.5) is 0 Å². The largest absolute Gasteiger partial charge is 0.343 e. The predicted octanol–water partition coefficient (Wildman–Crippen LogP) is 4.40. The van der Waals surface area contributed by atoms with Gasteiger partial charge in [0.15, 0.2) is 0 Å². The molecule has 3 heterocycles. The number of fused-ring (bicyclic) bond motifs is 3. The van der Waals surface area contributed by atoms with Crippen LogP contribution in [-0.4, -0.2) is 33.4 Å². The van der Waals surface area contributed by atoms with Crippen LogP contribution in [0.1, 0.15) is 69.7 Å². The number of aryl methyl sites for hydroxylation is 2. The maximum absolute atomic E-state index is 13.2. The molecule has 1 amide bonds. The van der Waals surface area contributed by atoms with Gasteiger partial charge in [0.1, 0.15) is 4.83 Å². The van der Waals surface area contributed by atoms with Crippen molar-refractivity contribution in [2.75, 3.05) is 13.1 Å². The summed E-state index contributed by atoms with van der Waals surface area (Å²) in [6, 6.07) is 0. The summed E-state index contributed by atoms with van der Waals surface area (Å²) in [5, 5.41) is 0.807. The molecule has 1 fully saturated rings. The summed E-state index contributed by atoms with van der Waals surface area (Å²) >= 11 is 1.69. The highest BCUT2D eigenvalue weighted by Gasteiger charge is 2.31. The zero-order valence-corrected chi connectivity index (χ0v) is 18.8. The van der Waals surface area contributed by atoms with Gasteiger partial charge in [-0.25, -0.2) is 4.98 Å². The van der Waals surface area contributed by atoms with Crippen LogP contribution in [0, 0.1) is 11.3 Å². The average molecular weight is 416 g/mol. The molecule has 29 heavy (non-hydrogen) atoms. The quantitative estimate of drug-likeness (QED) is 0.746. The van der Waals surface area contributed by atoms with E-state index in [4.69, 9.17) is 0 Å². The fourth-order valence-corrected chi connectivity index (χ4v) is 6.05. The summed E-state index contributed by atoms with van der Waals surface area (Å²) in [4.78, 5) is 34.6. The molecule has 0 bridgehead atoms. The Morgan fingerprint density at radius 2 is 1.93 bits per heavy atom. The zero-order valence-electron chi connectivity index (χ0n) is 18.0.